The van der Waals surface area contributed by atoms with E-state index in [4.69, 9.17) is 10.5 Å². The minimum Gasteiger partial charge on any atom is -0.457 e. The number of nitrogens with one attached hydrogen (secondary N) is 1. The summed E-state index contributed by atoms with van der Waals surface area (Å²) in [6, 6.07) is 0.0205. The van der Waals surface area contributed by atoms with Gasteiger partial charge < -0.3 is 10.5 Å². The smallest absolute Gasteiger partial charge is 0.335 e. The van der Waals surface area contributed by atoms with Crippen LogP contribution in [-0.2, 0) is 4.79 Å². The third-order valence-corrected chi connectivity index (χ3v) is 1.94. The molecule has 0 saturated carbocycles. The Morgan fingerprint density at radius 2 is 2.38 bits per heavy atom. The summed E-state index contributed by atoms with van der Waals surface area (Å²) in [6.45, 7) is 4.28. The molecule has 0 aliphatic carbocycles. The molecule has 1 rings (SSSR count). The molecule has 0 spiro atoms. The van der Waals surface area contributed by atoms with Gasteiger partial charge in [0.05, 0.1) is 6.04 Å². The SMILES string of the molecule is CC(C)CC(N)c1nc(OCC=C=O)n[nH]1. The van der Waals surface area contributed by atoms with Crippen LogP contribution in [0.15, 0.2) is 6.08 Å². The lowest BCUT2D eigenvalue weighted by Gasteiger charge is -2.09. The number of ether oxygens (including phenoxy) is 1. The van der Waals surface area contributed by atoms with E-state index in [1.165, 1.54) is 6.08 Å². The molecule has 0 amide bonds. The van der Waals surface area contributed by atoms with E-state index in [-0.39, 0.29) is 18.7 Å². The fourth-order valence-corrected chi connectivity index (χ4v) is 1.26. The van der Waals surface area contributed by atoms with Gasteiger partial charge in [-0.05, 0) is 12.3 Å². The highest BCUT2D eigenvalue weighted by atomic mass is 16.5. The van der Waals surface area contributed by atoms with Crippen LogP contribution in [0.4, 0.5) is 0 Å². The number of aromatic nitrogens is 3. The average Bonchev–Trinajstić information content (AvgIpc) is 2.66. The highest BCUT2D eigenvalue weighted by molar-refractivity contribution is 5.44. The van der Waals surface area contributed by atoms with Crippen molar-refractivity contribution >= 4 is 5.94 Å². The summed E-state index contributed by atoms with van der Waals surface area (Å²) >= 11 is 0. The van der Waals surface area contributed by atoms with Crippen molar-refractivity contribution in [2.24, 2.45) is 11.7 Å². The van der Waals surface area contributed by atoms with Crippen LogP contribution in [0.1, 0.15) is 32.1 Å². The van der Waals surface area contributed by atoms with Crippen molar-refractivity contribution in [1.82, 2.24) is 15.2 Å². The number of hydrogen-bond acceptors (Lipinski definition) is 5. The molecule has 88 valence electrons. The van der Waals surface area contributed by atoms with E-state index in [1.807, 2.05) is 0 Å². The van der Waals surface area contributed by atoms with Crippen LogP contribution < -0.4 is 10.5 Å². The van der Waals surface area contributed by atoms with Gasteiger partial charge in [-0.2, -0.15) is 4.98 Å². The van der Waals surface area contributed by atoms with Crippen molar-refractivity contribution in [3.8, 4) is 6.01 Å². The fourth-order valence-electron chi connectivity index (χ4n) is 1.26. The Morgan fingerprint density at radius 1 is 1.62 bits per heavy atom. The first kappa shape index (κ1) is 12.4. The van der Waals surface area contributed by atoms with E-state index < -0.39 is 0 Å². The first-order valence-electron chi connectivity index (χ1n) is 5.13. The van der Waals surface area contributed by atoms with Gasteiger partial charge in [0.1, 0.15) is 18.4 Å². The molecule has 0 bridgehead atoms. The third kappa shape index (κ3) is 3.84. The molecule has 0 fully saturated rings. The summed E-state index contributed by atoms with van der Waals surface area (Å²) in [5.41, 5.74) is 5.90. The van der Waals surface area contributed by atoms with Crippen LogP contribution in [0.5, 0.6) is 6.01 Å². The average molecular weight is 224 g/mol. The number of aromatic amines is 1. The molecule has 1 heterocycles. The van der Waals surface area contributed by atoms with Gasteiger partial charge in [-0.15, -0.1) is 5.10 Å². The van der Waals surface area contributed by atoms with Gasteiger partial charge in [-0.3, -0.25) is 5.10 Å². The van der Waals surface area contributed by atoms with Gasteiger partial charge in [-0.1, -0.05) is 13.8 Å². The van der Waals surface area contributed by atoms with Gasteiger partial charge >= 0.3 is 6.01 Å². The molecule has 6 nitrogen and oxygen atoms in total. The lowest BCUT2D eigenvalue weighted by Crippen LogP contribution is -2.14. The van der Waals surface area contributed by atoms with Gasteiger partial charge in [-0.25, -0.2) is 4.79 Å². The summed E-state index contributed by atoms with van der Waals surface area (Å²) in [5, 5.41) is 6.54. The van der Waals surface area contributed by atoms with Crippen molar-refractivity contribution in [2.75, 3.05) is 6.61 Å². The van der Waals surface area contributed by atoms with Crippen molar-refractivity contribution in [3.63, 3.8) is 0 Å². The van der Waals surface area contributed by atoms with Crippen molar-refractivity contribution in [3.05, 3.63) is 11.9 Å². The minimum absolute atomic E-state index is 0.111. The molecule has 1 aromatic rings. The number of carbonyl (C=O) groups excluding carboxylic acids is 1. The Kier molecular flexibility index (Phi) is 4.69. The molecule has 0 aliphatic rings. The Hall–Kier alpha value is -1.65. The number of H-pyrrole nitrogens is 1. The van der Waals surface area contributed by atoms with E-state index in [9.17, 15) is 4.79 Å². The maximum atomic E-state index is 9.90. The standard InChI is InChI=1S/C10H16N4O2/c1-7(2)6-8(11)9-12-10(14-13-9)16-5-3-4-15/h3,7-8H,5-6,11H2,1-2H3,(H,12,13,14). The topological polar surface area (TPSA) is 93.9 Å². The second kappa shape index (κ2) is 6.05. The molecule has 1 aromatic heterocycles. The molecular formula is C10H16N4O2. The maximum absolute atomic E-state index is 9.90. The van der Waals surface area contributed by atoms with E-state index in [1.54, 1.807) is 5.94 Å². The number of nitrogens with two attached hydrogens (primary N) is 1. The zero-order valence-electron chi connectivity index (χ0n) is 9.43. The van der Waals surface area contributed by atoms with Crippen LogP contribution in [0, 0.1) is 5.92 Å². The minimum atomic E-state index is -0.175. The maximum Gasteiger partial charge on any atom is 0.335 e. The number of hydrogen-bond donors (Lipinski definition) is 2. The molecule has 1 atom stereocenters. The van der Waals surface area contributed by atoms with Crippen LogP contribution in [0.3, 0.4) is 0 Å². The zero-order valence-corrected chi connectivity index (χ0v) is 9.43. The van der Waals surface area contributed by atoms with Gasteiger partial charge in [0, 0.05) is 6.08 Å². The Labute approximate surface area is 93.9 Å². The predicted molar refractivity (Wildman–Crippen MR) is 58.5 cm³/mol. The van der Waals surface area contributed by atoms with Crippen LogP contribution >= 0.6 is 0 Å². The number of nitrogens with zero attached hydrogens (tertiary/aromatic N) is 2. The highest BCUT2D eigenvalue weighted by Gasteiger charge is 2.13. The summed E-state index contributed by atoms with van der Waals surface area (Å²) < 4.78 is 5.06. The summed E-state index contributed by atoms with van der Waals surface area (Å²) in [6.07, 6.45) is 2.03. The zero-order chi connectivity index (χ0) is 12.0. The van der Waals surface area contributed by atoms with Gasteiger partial charge in [0.15, 0.2) is 0 Å². The summed E-state index contributed by atoms with van der Waals surface area (Å²) in [4.78, 5) is 14.0. The molecule has 6 heteroatoms. The summed E-state index contributed by atoms with van der Waals surface area (Å²) in [5.74, 6) is 2.69. The monoisotopic (exact) mass is 224 g/mol. The Bertz CT molecular complexity index is 369. The van der Waals surface area contributed by atoms with E-state index >= 15 is 0 Å². The van der Waals surface area contributed by atoms with E-state index in [0.717, 1.165) is 6.42 Å². The third-order valence-electron chi connectivity index (χ3n) is 1.94. The molecule has 0 saturated heterocycles. The lowest BCUT2D eigenvalue weighted by molar-refractivity contribution is 0.334. The molecule has 0 aromatic carbocycles. The quantitative estimate of drug-likeness (QED) is 0.691. The largest absolute Gasteiger partial charge is 0.457 e. The molecule has 0 aliphatic heterocycles. The molecule has 1 unspecified atom stereocenters. The van der Waals surface area contributed by atoms with E-state index in [2.05, 4.69) is 29.0 Å². The second-order valence-electron chi connectivity index (χ2n) is 3.87. The lowest BCUT2D eigenvalue weighted by atomic mass is 10.0. The molecule has 3 N–H and O–H groups in total. The number of rotatable bonds is 6. The Morgan fingerprint density at radius 3 is 3.00 bits per heavy atom. The molecular weight excluding hydrogens is 208 g/mol. The normalized spacial score (nSPS) is 12.2. The van der Waals surface area contributed by atoms with Gasteiger partial charge in [0.2, 0.25) is 0 Å². The second-order valence-corrected chi connectivity index (χ2v) is 3.87. The summed E-state index contributed by atoms with van der Waals surface area (Å²) in [7, 11) is 0. The van der Waals surface area contributed by atoms with E-state index in [0.29, 0.717) is 11.7 Å². The predicted octanol–water partition coefficient (Wildman–Crippen LogP) is 0.617. The van der Waals surface area contributed by atoms with Crippen molar-refractivity contribution < 1.29 is 9.53 Å². The van der Waals surface area contributed by atoms with Gasteiger partial charge in [0.25, 0.3) is 0 Å². The molecule has 0 radical (unpaired) electrons. The van der Waals surface area contributed by atoms with Crippen molar-refractivity contribution in [2.45, 2.75) is 26.3 Å². The first-order valence-corrected chi connectivity index (χ1v) is 5.13. The van der Waals surface area contributed by atoms with Crippen molar-refractivity contribution in [1.29, 1.82) is 0 Å². The van der Waals surface area contributed by atoms with Crippen LogP contribution in [0.25, 0.3) is 0 Å². The highest BCUT2D eigenvalue weighted by Crippen LogP contribution is 2.16. The first-order chi connectivity index (χ1) is 7.63. The Balaban J connectivity index is 2.53. The fraction of sp³-hybridized carbons (Fsp3) is 0.600. The van der Waals surface area contributed by atoms with Crippen LogP contribution in [0.2, 0.25) is 0 Å². The molecule has 16 heavy (non-hydrogen) atoms. The van der Waals surface area contributed by atoms with Crippen LogP contribution in [-0.4, -0.2) is 27.7 Å².